The Morgan fingerprint density at radius 2 is 2.36 bits per heavy atom. The summed E-state index contributed by atoms with van der Waals surface area (Å²) >= 11 is 0. The topological polar surface area (TPSA) is 78.4 Å². The van der Waals surface area contributed by atoms with Gasteiger partial charge in [-0.3, -0.25) is 9.59 Å². The van der Waals surface area contributed by atoms with Crippen LogP contribution in [-0.4, -0.2) is 36.1 Å². The second-order valence-electron chi connectivity index (χ2n) is 3.69. The number of carboxylic acid groups (broad SMARTS) is 1. The van der Waals surface area contributed by atoms with Crippen molar-refractivity contribution >= 4 is 11.9 Å². The van der Waals surface area contributed by atoms with Crippen molar-refractivity contribution < 1.29 is 14.7 Å². The highest BCUT2D eigenvalue weighted by Gasteiger charge is 2.20. The molecule has 2 atom stereocenters. The SMILES string of the molecule is C[C@H](NC(=O)CC1CCNC1)C(=O)O. The number of carbonyl (C=O) groups excluding carboxylic acids is 1. The van der Waals surface area contributed by atoms with Crippen molar-refractivity contribution in [3.05, 3.63) is 0 Å². The lowest BCUT2D eigenvalue weighted by molar-refractivity contribution is -0.141. The second-order valence-corrected chi connectivity index (χ2v) is 3.69. The quantitative estimate of drug-likeness (QED) is 0.575. The summed E-state index contributed by atoms with van der Waals surface area (Å²) < 4.78 is 0. The molecule has 0 aliphatic carbocycles. The molecular weight excluding hydrogens is 184 g/mol. The standard InChI is InChI=1S/C9H16N2O3/c1-6(9(13)14)11-8(12)4-7-2-3-10-5-7/h6-7,10H,2-5H2,1H3,(H,11,12)(H,13,14)/t6-,7?/m0/s1. The average Bonchev–Trinajstić information content (AvgIpc) is 2.56. The maximum absolute atomic E-state index is 11.3. The summed E-state index contributed by atoms with van der Waals surface area (Å²) in [5.74, 6) is -0.813. The van der Waals surface area contributed by atoms with Gasteiger partial charge in [0.2, 0.25) is 5.91 Å². The highest BCUT2D eigenvalue weighted by atomic mass is 16.4. The number of amides is 1. The molecule has 1 saturated heterocycles. The van der Waals surface area contributed by atoms with Crippen molar-refractivity contribution in [1.29, 1.82) is 0 Å². The molecule has 1 unspecified atom stereocenters. The number of hydrogen-bond donors (Lipinski definition) is 3. The van der Waals surface area contributed by atoms with E-state index in [1.807, 2.05) is 0 Å². The Hall–Kier alpha value is -1.10. The number of hydrogen-bond acceptors (Lipinski definition) is 3. The molecule has 1 heterocycles. The molecule has 0 saturated carbocycles. The van der Waals surface area contributed by atoms with E-state index in [9.17, 15) is 9.59 Å². The van der Waals surface area contributed by atoms with Crippen LogP contribution in [0.25, 0.3) is 0 Å². The Morgan fingerprint density at radius 1 is 1.64 bits per heavy atom. The van der Waals surface area contributed by atoms with E-state index in [-0.39, 0.29) is 5.91 Å². The summed E-state index contributed by atoms with van der Waals surface area (Å²) in [6.07, 6.45) is 1.42. The van der Waals surface area contributed by atoms with Crippen molar-refractivity contribution in [2.24, 2.45) is 5.92 Å². The zero-order valence-corrected chi connectivity index (χ0v) is 8.25. The molecule has 80 valence electrons. The van der Waals surface area contributed by atoms with E-state index in [2.05, 4.69) is 10.6 Å². The molecule has 1 amide bonds. The minimum atomic E-state index is -0.997. The fourth-order valence-corrected chi connectivity index (χ4v) is 1.51. The third kappa shape index (κ3) is 3.33. The van der Waals surface area contributed by atoms with Crippen LogP contribution in [0.4, 0.5) is 0 Å². The van der Waals surface area contributed by atoms with E-state index in [1.54, 1.807) is 0 Å². The number of carbonyl (C=O) groups is 2. The average molecular weight is 200 g/mol. The maximum atomic E-state index is 11.3. The molecule has 0 radical (unpaired) electrons. The van der Waals surface area contributed by atoms with Crippen LogP contribution in [0.2, 0.25) is 0 Å². The number of carboxylic acids is 1. The van der Waals surface area contributed by atoms with Crippen LogP contribution in [-0.2, 0) is 9.59 Å². The largest absolute Gasteiger partial charge is 0.480 e. The van der Waals surface area contributed by atoms with Crippen LogP contribution in [0, 0.1) is 5.92 Å². The van der Waals surface area contributed by atoms with Crippen molar-refractivity contribution in [3.8, 4) is 0 Å². The highest BCUT2D eigenvalue weighted by Crippen LogP contribution is 2.11. The molecule has 0 spiro atoms. The minimum absolute atomic E-state index is 0.173. The predicted molar refractivity (Wildman–Crippen MR) is 50.8 cm³/mol. The lowest BCUT2D eigenvalue weighted by Gasteiger charge is -2.11. The zero-order chi connectivity index (χ0) is 10.6. The Balaban J connectivity index is 2.24. The monoisotopic (exact) mass is 200 g/mol. The van der Waals surface area contributed by atoms with Crippen molar-refractivity contribution in [3.63, 3.8) is 0 Å². The number of aliphatic carboxylic acids is 1. The van der Waals surface area contributed by atoms with Crippen molar-refractivity contribution in [1.82, 2.24) is 10.6 Å². The van der Waals surface area contributed by atoms with E-state index in [1.165, 1.54) is 6.92 Å². The molecule has 5 heteroatoms. The smallest absolute Gasteiger partial charge is 0.325 e. The van der Waals surface area contributed by atoms with Crippen LogP contribution in [0.1, 0.15) is 19.8 Å². The Labute approximate surface area is 82.9 Å². The summed E-state index contributed by atoms with van der Waals surface area (Å²) in [5.41, 5.74) is 0. The van der Waals surface area contributed by atoms with Gasteiger partial charge in [-0.25, -0.2) is 0 Å². The van der Waals surface area contributed by atoms with E-state index < -0.39 is 12.0 Å². The van der Waals surface area contributed by atoms with Gasteiger partial charge in [-0.15, -0.1) is 0 Å². The lowest BCUT2D eigenvalue weighted by Crippen LogP contribution is -2.39. The zero-order valence-electron chi connectivity index (χ0n) is 8.25. The Bertz CT molecular complexity index is 224. The number of nitrogens with one attached hydrogen (secondary N) is 2. The molecule has 14 heavy (non-hydrogen) atoms. The third-order valence-electron chi connectivity index (χ3n) is 2.38. The van der Waals surface area contributed by atoms with Crippen LogP contribution in [0.5, 0.6) is 0 Å². The van der Waals surface area contributed by atoms with Gasteiger partial charge in [0.05, 0.1) is 0 Å². The van der Waals surface area contributed by atoms with E-state index >= 15 is 0 Å². The molecule has 1 aliphatic heterocycles. The van der Waals surface area contributed by atoms with Gasteiger partial charge < -0.3 is 15.7 Å². The van der Waals surface area contributed by atoms with Crippen LogP contribution < -0.4 is 10.6 Å². The van der Waals surface area contributed by atoms with Gasteiger partial charge in [-0.1, -0.05) is 0 Å². The van der Waals surface area contributed by atoms with E-state index in [0.29, 0.717) is 12.3 Å². The van der Waals surface area contributed by atoms with Gasteiger partial charge in [0.15, 0.2) is 0 Å². The first-order valence-corrected chi connectivity index (χ1v) is 4.82. The molecule has 1 fully saturated rings. The molecule has 0 aromatic carbocycles. The molecule has 0 aromatic rings. The molecular formula is C9H16N2O3. The van der Waals surface area contributed by atoms with Crippen molar-refractivity contribution in [2.45, 2.75) is 25.8 Å². The first kappa shape index (κ1) is 11.0. The molecule has 1 aliphatic rings. The van der Waals surface area contributed by atoms with Gasteiger partial charge in [0.25, 0.3) is 0 Å². The molecule has 0 bridgehead atoms. The normalized spacial score (nSPS) is 23.1. The van der Waals surface area contributed by atoms with Crippen molar-refractivity contribution in [2.75, 3.05) is 13.1 Å². The fraction of sp³-hybridized carbons (Fsp3) is 0.778. The van der Waals surface area contributed by atoms with Gasteiger partial charge in [0, 0.05) is 6.42 Å². The van der Waals surface area contributed by atoms with E-state index in [4.69, 9.17) is 5.11 Å². The maximum Gasteiger partial charge on any atom is 0.325 e. The number of rotatable bonds is 4. The Kier molecular flexibility index (Phi) is 3.88. The minimum Gasteiger partial charge on any atom is -0.480 e. The second kappa shape index (κ2) is 4.95. The van der Waals surface area contributed by atoms with Crippen LogP contribution in [0.15, 0.2) is 0 Å². The summed E-state index contributed by atoms with van der Waals surface area (Å²) in [5, 5.41) is 14.2. The summed E-state index contributed by atoms with van der Waals surface area (Å²) in [4.78, 5) is 21.8. The van der Waals surface area contributed by atoms with Gasteiger partial charge in [-0.05, 0) is 32.4 Å². The summed E-state index contributed by atoms with van der Waals surface area (Å²) in [7, 11) is 0. The third-order valence-corrected chi connectivity index (χ3v) is 2.38. The predicted octanol–water partition coefficient (Wildman–Crippen LogP) is -0.425. The fourth-order valence-electron chi connectivity index (χ4n) is 1.51. The lowest BCUT2D eigenvalue weighted by atomic mass is 10.0. The van der Waals surface area contributed by atoms with Crippen LogP contribution in [0.3, 0.4) is 0 Å². The first-order chi connectivity index (χ1) is 6.59. The van der Waals surface area contributed by atoms with Crippen LogP contribution >= 0.6 is 0 Å². The van der Waals surface area contributed by atoms with Gasteiger partial charge in [0.1, 0.15) is 6.04 Å². The summed E-state index contributed by atoms with van der Waals surface area (Å²) in [6, 6.07) is -0.795. The van der Waals surface area contributed by atoms with Gasteiger partial charge in [-0.2, -0.15) is 0 Å². The molecule has 5 nitrogen and oxygen atoms in total. The molecule has 3 N–H and O–H groups in total. The Morgan fingerprint density at radius 3 is 2.86 bits per heavy atom. The van der Waals surface area contributed by atoms with E-state index in [0.717, 1.165) is 19.5 Å². The first-order valence-electron chi connectivity index (χ1n) is 4.82. The summed E-state index contributed by atoms with van der Waals surface area (Å²) in [6.45, 7) is 3.27. The highest BCUT2D eigenvalue weighted by molar-refractivity contribution is 5.83. The van der Waals surface area contributed by atoms with Gasteiger partial charge >= 0.3 is 5.97 Å². The molecule has 1 rings (SSSR count). The molecule has 0 aromatic heterocycles.